The highest BCUT2D eigenvalue weighted by molar-refractivity contribution is 5.44. The molecule has 126 valence electrons. The summed E-state index contributed by atoms with van der Waals surface area (Å²) in [6.07, 6.45) is -1.28. The molecule has 1 aliphatic rings. The van der Waals surface area contributed by atoms with Gasteiger partial charge in [0.2, 0.25) is 0 Å². The van der Waals surface area contributed by atoms with Crippen molar-refractivity contribution in [3.63, 3.8) is 0 Å². The molecule has 1 saturated heterocycles. The van der Waals surface area contributed by atoms with E-state index in [1.54, 1.807) is 4.90 Å². The van der Waals surface area contributed by atoms with Gasteiger partial charge in [0, 0.05) is 25.2 Å². The summed E-state index contributed by atoms with van der Waals surface area (Å²) < 4.78 is 51.8. The molecule has 5 nitrogen and oxygen atoms in total. The van der Waals surface area contributed by atoms with E-state index < -0.39 is 17.7 Å². The van der Waals surface area contributed by atoms with Gasteiger partial charge in [0.1, 0.15) is 17.6 Å². The van der Waals surface area contributed by atoms with Gasteiger partial charge in [-0.05, 0) is 18.9 Å². The van der Waals surface area contributed by atoms with Crippen LogP contribution in [-0.2, 0) is 6.18 Å². The number of aromatic amines is 1. The standard InChI is InChI=1S/C15H13F4N5/c16-11-5-9(6-20)7-22-14(11)24-3-1-10(2-4-24)13-21-8-12(23-13)15(17,18)19/h5,7-8,10H,1-4H2,(H,21,23). The summed E-state index contributed by atoms with van der Waals surface area (Å²) in [5, 5.41) is 8.72. The molecule has 0 radical (unpaired) electrons. The number of pyridine rings is 1. The van der Waals surface area contributed by atoms with Crippen LogP contribution in [0.15, 0.2) is 18.5 Å². The van der Waals surface area contributed by atoms with Crippen molar-refractivity contribution in [2.45, 2.75) is 24.9 Å². The van der Waals surface area contributed by atoms with E-state index in [1.807, 2.05) is 6.07 Å². The van der Waals surface area contributed by atoms with Gasteiger partial charge >= 0.3 is 6.18 Å². The Morgan fingerprint density at radius 2 is 1.92 bits per heavy atom. The van der Waals surface area contributed by atoms with Crippen molar-refractivity contribution in [3.05, 3.63) is 41.4 Å². The van der Waals surface area contributed by atoms with Crippen LogP contribution in [0.2, 0.25) is 0 Å². The molecule has 1 fully saturated rings. The van der Waals surface area contributed by atoms with Gasteiger partial charge in [0.05, 0.1) is 11.8 Å². The third kappa shape index (κ3) is 3.18. The smallest absolute Gasteiger partial charge is 0.354 e. The minimum Gasteiger partial charge on any atom is -0.354 e. The van der Waals surface area contributed by atoms with Crippen LogP contribution in [0.25, 0.3) is 0 Å². The van der Waals surface area contributed by atoms with Gasteiger partial charge < -0.3 is 9.88 Å². The van der Waals surface area contributed by atoms with Crippen molar-refractivity contribution >= 4 is 5.82 Å². The highest BCUT2D eigenvalue weighted by Crippen LogP contribution is 2.32. The molecule has 1 aliphatic heterocycles. The van der Waals surface area contributed by atoms with Gasteiger partial charge in [0.15, 0.2) is 11.6 Å². The Morgan fingerprint density at radius 3 is 2.46 bits per heavy atom. The molecule has 2 aromatic heterocycles. The summed E-state index contributed by atoms with van der Waals surface area (Å²) in [4.78, 5) is 11.8. The van der Waals surface area contributed by atoms with E-state index in [2.05, 4.69) is 15.0 Å². The van der Waals surface area contributed by atoms with E-state index >= 15 is 0 Å². The number of piperidine rings is 1. The fourth-order valence-electron chi connectivity index (χ4n) is 2.78. The maximum atomic E-state index is 14.0. The highest BCUT2D eigenvalue weighted by Gasteiger charge is 2.34. The van der Waals surface area contributed by atoms with Crippen molar-refractivity contribution in [1.82, 2.24) is 15.0 Å². The van der Waals surface area contributed by atoms with Crippen LogP contribution in [-0.4, -0.2) is 28.0 Å². The number of imidazole rings is 1. The second-order valence-electron chi connectivity index (χ2n) is 5.58. The number of hydrogen-bond acceptors (Lipinski definition) is 4. The summed E-state index contributed by atoms with van der Waals surface area (Å²) in [6.45, 7) is 0.894. The molecule has 0 atom stereocenters. The quantitative estimate of drug-likeness (QED) is 0.853. The summed E-state index contributed by atoms with van der Waals surface area (Å²) in [6, 6.07) is 2.94. The minimum absolute atomic E-state index is 0.140. The first-order valence-electron chi connectivity index (χ1n) is 7.31. The van der Waals surface area contributed by atoms with E-state index in [9.17, 15) is 17.6 Å². The lowest BCUT2D eigenvalue weighted by Crippen LogP contribution is -2.34. The maximum Gasteiger partial charge on any atom is 0.432 e. The Bertz CT molecular complexity index is 769. The van der Waals surface area contributed by atoms with E-state index in [4.69, 9.17) is 5.26 Å². The monoisotopic (exact) mass is 339 g/mol. The molecule has 9 heteroatoms. The normalized spacial score (nSPS) is 16.2. The number of rotatable bonds is 2. The zero-order valence-electron chi connectivity index (χ0n) is 12.4. The number of anilines is 1. The molecule has 1 N–H and O–H groups in total. The Morgan fingerprint density at radius 1 is 1.21 bits per heavy atom. The van der Waals surface area contributed by atoms with Crippen LogP contribution >= 0.6 is 0 Å². The summed E-state index contributed by atoms with van der Waals surface area (Å²) in [5.41, 5.74) is -0.721. The predicted octanol–water partition coefficient (Wildman–Crippen LogP) is 3.22. The second-order valence-corrected chi connectivity index (χ2v) is 5.58. The predicted molar refractivity (Wildman–Crippen MR) is 76.7 cm³/mol. The third-order valence-electron chi connectivity index (χ3n) is 4.03. The van der Waals surface area contributed by atoms with Gasteiger partial charge in [-0.25, -0.2) is 14.4 Å². The summed E-state index contributed by atoms with van der Waals surface area (Å²) in [5.74, 6) is -0.262. The first-order chi connectivity index (χ1) is 11.4. The van der Waals surface area contributed by atoms with Crippen molar-refractivity contribution < 1.29 is 17.6 Å². The zero-order chi connectivity index (χ0) is 17.3. The van der Waals surface area contributed by atoms with Crippen LogP contribution in [0.5, 0.6) is 0 Å². The number of alkyl halides is 3. The van der Waals surface area contributed by atoms with Crippen molar-refractivity contribution in [3.8, 4) is 6.07 Å². The van der Waals surface area contributed by atoms with Gasteiger partial charge in [-0.2, -0.15) is 18.4 Å². The van der Waals surface area contributed by atoms with Gasteiger partial charge in [0.25, 0.3) is 0 Å². The van der Waals surface area contributed by atoms with E-state index in [0.29, 0.717) is 31.8 Å². The number of hydrogen-bond donors (Lipinski definition) is 1. The van der Waals surface area contributed by atoms with Crippen LogP contribution in [0.1, 0.15) is 35.8 Å². The molecule has 0 aromatic carbocycles. The Balaban J connectivity index is 1.68. The van der Waals surface area contributed by atoms with E-state index in [0.717, 1.165) is 12.3 Å². The molecule has 24 heavy (non-hydrogen) atoms. The van der Waals surface area contributed by atoms with Gasteiger partial charge in [-0.15, -0.1) is 0 Å². The maximum absolute atomic E-state index is 14.0. The Kier molecular flexibility index (Phi) is 4.13. The topological polar surface area (TPSA) is 68.6 Å². The number of nitriles is 1. The first-order valence-corrected chi connectivity index (χ1v) is 7.31. The van der Waals surface area contributed by atoms with Crippen molar-refractivity contribution in [2.24, 2.45) is 0 Å². The van der Waals surface area contributed by atoms with Gasteiger partial charge in [-0.3, -0.25) is 0 Å². The number of H-pyrrole nitrogens is 1. The average Bonchev–Trinajstić information content (AvgIpc) is 3.05. The molecule has 0 spiro atoms. The first kappa shape index (κ1) is 16.2. The van der Waals surface area contributed by atoms with E-state index in [-0.39, 0.29) is 17.3 Å². The lowest BCUT2D eigenvalue weighted by atomic mass is 9.96. The fraction of sp³-hybridized carbons (Fsp3) is 0.400. The Labute approximate surface area is 135 Å². The number of nitrogens with one attached hydrogen (secondary N) is 1. The van der Waals surface area contributed by atoms with E-state index in [1.165, 1.54) is 6.20 Å². The molecule has 0 amide bonds. The van der Waals surface area contributed by atoms with Crippen LogP contribution < -0.4 is 4.90 Å². The van der Waals surface area contributed by atoms with Crippen molar-refractivity contribution in [1.29, 1.82) is 5.26 Å². The average molecular weight is 339 g/mol. The van der Waals surface area contributed by atoms with Crippen LogP contribution in [0.3, 0.4) is 0 Å². The van der Waals surface area contributed by atoms with Crippen molar-refractivity contribution in [2.75, 3.05) is 18.0 Å². The number of nitrogens with zero attached hydrogens (tertiary/aromatic N) is 4. The molecule has 0 bridgehead atoms. The zero-order valence-corrected chi connectivity index (χ0v) is 12.4. The largest absolute Gasteiger partial charge is 0.432 e. The van der Waals surface area contributed by atoms with Crippen LogP contribution in [0, 0.1) is 17.1 Å². The summed E-state index contributed by atoms with van der Waals surface area (Å²) in [7, 11) is 0. The molecule has 0 saturated carbocycles. The molecule has 3 heterocycles. The molecule has 3 rings (SSSR count). The summed E-state index contributed by atoms with van der Waals surface area (Å²) >= 11 is 0. The third-order valence-corrected chi connectivity index (χ3v) is 4.03. The molecular formula is C15H13F4N5. The second kappa shape index (κ2) is 6.11. The van der Waals surface area contributed by atoms with Crippen LogP contribution in [0.4, 0.5) is 23.4 Å². The number of halogens is 4. The lowest BCUT2D eigenvalue weighted by Gasteiger charge is -2.32. The fourth-order valence-corrected chi connectivity index (χ4v) is 2.78. The molecule has 2 aromatic rings. The lowest BCUT2D eigenvalue weighted by molar-refractivity contribution is -0.141. The minimum atomic E-state index is -4.44. The highest BCUT2D eigenvalue weighted by atomic mass is 19.4. The Hall–Kier alpha value is -2.63. The SMILES string of the molecule is N#Cc1cnc(N2CCC(c3ncc(C(F)(F)F)[nH]3)CC2)c(F)c1. The molecular weight excluding hydrogens is 326 g/mol. The molecule has 0 unspecified atom stereocenters. The number of aromatic nitrogens is 3. The molecule has 0 aliphatic carbocycles. The van der Waals surface area contributed by atoms with Gasteiger partial charge in [-0.1, -0.05) is 0 Å².